The Morgan fingerprint density at radius 2 is 1.89 bits per heavy atom. The van der Waals surface area contributed by atoms with E-state index in [1.54, 1.807) is 11.0 Å². The standard InChI is InChI=1S/C28H32F3N3O4/c29-28(30,31)38-24-8-1-4-20(14-24)15-25(35)34-17-22-6-3-9-27(22,19-34)18-32-26(36)21-5-2-7-23(16-21)33-10-12-37-13-11-33/h1-2,4-5,7-8,14,16,22H,3,6,9-13,15,17-19H2,(H,32,36)/t22-,27-/m0/s1. The Morgan fingerprint density at radius 3 is 2.68 bits per heavy atom. The molecule has 0 spiro atoms. The van der Waals surface area contributed by atoms with Crippen LogP contribution in [0.5, 0.6) is 5.75 Å². The molecule has 3 aliphatic rings. The molecule has 38 heavy (non-hydrogen) atoms. The average molecular weight is 532 g/mol. The molecule has 5 rings (SSSR count). The smallest absolute Gasteiger partial charge is 0.406 e. The molecule has 2 atom stereocenters. The zero-order chi connectivity index (χ0) is 26.8. The van der Waals surface area contributed by atoms with Gasteiger partial charge in [-0.05, 0) is 54.7 Å². The molecule has 2 amide bonds. The summed E-state index contributed by atoms with van der Waals surface area (Å²) in [4.78, 5) is 30.2. The summed E-state index contributed by atoms with van der Waals surface area (Å²) in [7, 11) is 0. The van der Waals surface area contributed by atoms with Crippen molar-refractivity contribution in [3.8, 4) is 5.75 Å². The molecule has 2 aromatic rings. The summed E-state index contributed by atoms with van der Waals surface area (Å²) in [6.07, 6.45) is -1.83. The monoisotopic (exact) mass is 531 g/mol. The van der Waals surface area contributed by atoms with E-state index in [0.717, 1.165) is 38.0 Å². The third kappa shape index (κ3) is 6.06. The number of halogens is 3. The second-order valence-electron chi connectivity index (χ2n) is 10.4. The number of alkyl halides is 3. The summed E-state index contributed by atoms with van der Waals surface area (Å²) in [6.45, 7) is 4.53. The van der Waals surface area contributed by atoms with Crippen LogP contribution in [-0.4, -0.2) is 69.0 Å². The first-order valence-corrected chi connectivity index (χ1v) is 13.0. The van der Waals surface area contributed by atoms with Gasteiger partial charge in [0.1, 0.15) is 5.75 Å². The minimum absolute atomic E-state index is 0.00144. The van der Waals surface area contributed by atoms with Crippen LogP contribution in [0.3, 0.4) is 0 Å². The van der Waals surface area contributed by atoms with Crippen LogP contribution in [0, 0.1) is 11.3 Å². The highest BCUT2D eigenvalue weighted by molar-refractivity contribution is 5.95. The number of rotatable bonds is 7. The van der Waals surface area contributed by atoms with Gasteiger partial charge in [-0.25, -0.2) is 0 Å². The number of carbonyl (C=O) groups excluding carboxylic acids is 2. The van der Waals surface area contributed by atoms with Gasteiger partial charge in [-0.3, -0.25) is 9.59 Å². The third-order valence-corrected chi connectivity index (χ3v) is 7.97. The third-order valence-electron chi connectivity index (χ3n) is 7.97. The first-order valence-electron chi connectivity index (χ1n) is 13.0. The van der Waals surface area contributed by atoms with E-state index in [9.17, 15) is 22.8 Å². The minimum Gasteiger partial charge on any atom is -0.406 e. The Labute approximate surface area is 219 Å². The highest BCUT2D eigenvalue weighted by Crippen LogP contribution is 2.48. The molecule has 3 fully saturated rings. The molecule has 2 heterocycles. The first kappa shape index (κ1) is 26.3. The van der Waals surface area contributed by atoms with Crippen molar-refractivity contribution in [2.45, 2.75) is 32.0 Å². The molecule has 10 heteroatoms. The topological polar surface area (TPSA) is 71.1 Å². The maximum Gasteiger partial charge on any atom is 0.573 e. The van der Waals surface area contributed by atoms with Crippen LogP contribution in [0.25, 0.3) is 0 Å². The summed E-state index contributed by atoms with van der Waals surface area (Å²) in [6, 6.07) is 13.2. The van der Waals surface area contributed by atoms with Gasteiger partial charge in [0.05, 0.1) is 19.6 Å². The van der Waals surface area contributed by atoms with Gasteiger partial charge in [0, 0.05) is 49.4 Å². The van der Waals surface area contributed by atoms with Crippen LogP contribution >= 0.6 is 0 Å². The number of likely N-dealkylation sites (tertiary alicyclic amines) is 1. The number of carbonyl (C=O) groups is 2. The summed E-state index contributed by atoms with van der Waals surface area (Å²) < 4.78 is 47.1. The van der Waals surface area contributed by atoms with Gasteiger partial charge in [-0.1, -0.05) is 24.6 Å². The Bertz CT molecular complexity index is 1170. The van der Waals surface area contributed by atoms with Crippen molar-refractivity contribution in [2.24, 2.45) is 11.3 Å². The number of nitrogens with zero attached hydrogens (tertiary/aromatic N) is 2. The van der Waals surface area contributed by atoms with Crippen LogP contribution in [0.2, 0.25) is 0 Å². The van der Waals surface area contributed by atoms with Crippen LogP contribution in [0.4, 0.5) is 18.9 Å². The minimum atomic E-state index is -4.78. The quantitative estimate of drug-likeness (QED) is 0.585. The van der Waals surface area contributed by atoms with Gasteiger partial charge in [-0.2, -0.15) is 0 Å². The van der Waals surface area contributed by atoms with Crippen molar-refractivity contribution in [3.05, 3.63) is 59.7 Å². The predicted octanol–water partition coefficient (Wildman–Crippen LogP) is 4.02. The summed E-state index contributed by atoms with van der Waals surface area (Å²) in [5.74, 6) is -0.317. The van der Waals surface area contributed by atoms with Gasteiger partial charge in [-0.15, -0.1) is 13.2 Å². The molecule has 2 aromatic carbocycles. The Kier molecular flexibility index (Phi) is 7.52. The number of hydrogen-bond donors (Lipinski definition) is 1. The van der Waals surface area contributed by atoms with E-state index in [2.05, 4.69) is 15.0 Å². The lowest BCUT2D eigenvalue weighted by Crippen LogP contribution is -2.41. The lowest BCUT2D eigenvalue weighted by molar-refractivity contribution is -0.274. The summed E-state index contributed by atoms with van der Waals surface area (Å²) in [5.41, 5.74) is 1.89. The molecule has 0 unspecified atom stereocenters. The maximum atomic E-state index is 13.1. The maximum absolute atomic E-state index is 13.1. The molecule has 2 saturated heterocycles. The van der Waals surface area contributed by atoms with Crippen molar-refractivity contribution >= 4 is 17.5 Å². The zero-order valence-electron chi connectivity index (χ0n) is 21.1. The van der Waals surface area contributed by atoms with Crippen LogP contribution in [0.15, 0.2) is 48.5 Å². The Balaban J connectivity index is 1.20. The van der Waals surface area contributed by atoms with Crippen molar-refractivity contribution in [3.63, 3.8) is 0 Å². The fourth-order valence-electron chi connectivity index (χ4n) is 6.06. The van der Waals surface area contributed by atoms with E-state index in [4.69, 9.17) is 4.74 Å². The fourth-order valence-corrected chi connectivity index (χ4v) is 6.06. The lowest BCUT2D eigenvalue weighted by Gasteiger charge is -2.30. The summed E-state index contributed by atoms with van der Waals surface area (Å²) in [5, 5.41) is 3.13. The number of fused-ring (bicyclic) bond motifs is 1. The number of benzene rings is 2. The van der Waals surface area contributed by atoms with Gasteiger partial charge in [0.25, 0.3) is 5.91 Å². The second-order valence-corrected chi connectivity index (χ2v) is 10.4. The Hall–Kier alpha value is -3.27. The molecule has 1 N–H and O–H groups in total. The van der Waals surface area contributed by atoms with Gasteiger partial charge in [0.15, 0.2) is 0 Å². The van der Waals surface area contributed by atoms with Crippen molar-refractivity contribution in [1.29, 1.82) is 0 Å². The molecule has 0 bridgehead atoms. The van der Waals surface area contributed by atoms with E-state index in [-0.39, 0.29) is 35.3 Å². The highest BCUT2D eigenvalue weighted by Gasteiger charge is 2.50. The number of anilines is 1. The molecule has 1 saturated carbocycles. The van der Waals surface area contributed by atoms with Gasteiger partial charge in [0.2, 0.25) is 5.91 Å². The largest absolute Gasteiger partial charge is 0.573 e. The number of ether oxygens (including phenoxy) is 2. The van der Waals surface area contributed by atoms with E-state index in [1.807, 2.05) is 24.3 Å². The SMILES string of the molecule is O=C(NC[C@]12CCC[C@H]1CN(C(=O)Cc1cccc(OC(F)(F)F)c1)C2)c1cccc(N2CCOCC2)c1. The number of hydrogen-bond acceptors (Lipinski definition) is 5. The van der Waals surface area contributed by atoms with Crippen molar-refractivity contribution < 1.29 is 32.2 Å². The zero-order valence-corrected chi connectivity index (χ0v) is 21.1. The molecule has 2 aliphatic heterocycles. The van der Waals surface area contributed by atoms with E-state index < -0.39 is 6.36 Å². The molecular formula is C28H32F3N3O4. The van der Waals surface area contributed by atoms with Crippen LogP contribution in [0.1, 0.15) is 35.2 Å². The van der Waals surface area contributed by atoms with Gasteiger partial charge < -0.3 is 24.6 Å². The first-order chi connectivity index (χ1) is 18.2. The van der Waals surface area contributed by atoms with Gasteiger partial charge >= 0.3 is 6.36 Å². The van der Waals surface area contributed by atoms with E-state index in [1.165, 1.54) is 18.2 Å². The van der Waals surface area contributed by atoms with Crippen molar-refractivity contribution in [1.82, 2.24) is 10.2 Å². The fraction of sp³-hybridized carbons (Fsp3) is 0.500. The lowest BCUT2D eigenvalue weighted by atomic mass is 9.80. The second kappa shape index (κ2) is 10.8. The van der Waals surface area contributed by atoms with E-state index in [0.29, 0.717) is 44.0 Å². The van der Waals surface area contributed by atoms with Crippen LogP contribution < -0.4 is 15.0 Å². The molecule has 0 aromatic heterocycles. The molecule has 204 valence electrons. The molecular weight excluding hydrogens is 499 g/mol. The summed E-state index contributed by atoms with van der Waals surface area (Å²) >= 11 is 0. The highest BCUT2D eigenvalue weighted by atomic mass is 19.4. The molecule has 1 aliphatic carbocycles. The average Bonchev–Trinajstić information content (AvgIpc) is 3.45. The number of morpholine rings is 1. The molecule has 0 radical (unpaired) electrons. The number of amides is 2. The number of nitrogens with one attached hydrogen (secondary N) is 1. The van der Waals surface area contributed by atoms with Crippen LogP contribution in [-0.2, 0) is 16.0 Å². The Morgan fingerprint density at radius 1 is 1.11 bits per heavy atom. The van der Waals surface area contributed by atoms with Crippen molar-refractivity contribution in [2.75, 3.05) is 50.8 Å². The molecule has 7 nitrogen and oxygen atoms in total. The normalized spacial score (nSPS) is 23.3. The van der Waals surface area contributed by atoms with E-state index >= 15 is 0 Å². The predicted molar refractivity (Wildman–Crippen MR) is 135 cm³/mol.